The molecule has 0 aromatic heterocycles. The molecular weight excluding hydrogens is 237 g/mol. The minimum absolute atomic E-state index is 0.205. The first-order valence-corrected chi connectivity index (χ1v) is 6.65. The minimum atomic E-state index is -0.261. The molecular formula is C14H19ClFN. The predicted molar refractivity (Wildman–Crippen MR) is 69.7 cm³/mol. The van der Waals surface area contributed by atoms with Crippen molar-refractivity contribution >= 4 is 11.6 Å². The Morgan fingerprint density at radius 2 is 1.94 bits per heavy atom. The highest BCUT2D eigenvalue weighted by Crippen LogP contribution is 2.28. The molecule has 17 heavy (non-hydrogen) atoms. The Balaban J connectivity index is 1.96. The molecule has 0 saturated heterocycles. The lowest BCUT2D eigenvalue weighted by atomic mass is 9.83. The van der Waals surface area contributed by atoms with Gasteiger partial charge in [-0.25, -0.2) is 4.39 Å². The fraction of sp³-hybridized carbons (Fsp3) is 0.571. The fourth-order valence-corrected chi connectivity index (χ4v) is 2.78. The lowest BCUT2D eigenvalue weighted by molar-refractivity contribution is 0.252. The molecule has 1 aliphatic carbocycles. The van der Waals surface area contributed by atoms with Crippen LogP contribution in [0.2, 0.25) is 5.02 Å². The van der Waals surface area contributed by atoms with E-state index in [4.69, 9.17) is 11.6 Å². The summed E-state index contributed by atoms with van der Waals surface area (Å²) in [7, 11) is 0. The summed E-state index contributed by atoms with van der Waals surface area (Å²) in [5.74, 6) is -0.261. The van der Waals surface area contributed by atoms with Crippen LogP contribution in [0.15, 0.2) is 18.2 Å². The number of hydrogen-bond donors (Lipinski definition) is 1. The number of nitrogens with one attached hydrogen (secondary N) is 1. The van der Waals surface area contributed by atoms with Gasteiger partial charge in [0.25, 0.3) is 0 Å². The average Bonchev–Trinajstić information content (AvgIpc) is 2.26. The van der Waals surface area contributed by atoms with Gasteiger partial charge in [-0.05, 0) is 43.5 Å². The molecule has 0 aliphatic heterocycles. The molecule has 0 radical (unpaired) electrons. The van der Waals surface area contributed by atoms with Crippen molar-refractivity contribution in [3.05, 3.63) is 34.6 Å². The standard InChI is InChI=1S/C14H19ClFN/c1-14(5-3-2-4-6-14)17-10-11-7-12(15)9-13(16)8-11/h7-9,17H,2-6,10H2,1H3. The van der Waals surface area contributed by atoms with Crippen molar-refractivity contribution in [2.75, 3.05) is 0 Å². The van der Waals surface area contributed by atoms with Crippen LogP contribution in [-0.2, 0) is 6.54 Å². The third-order valence-electron chi connectivity index (χ3n) is 3.60. The largest absolute Gasteiger partial charge is 0.307 e. The van der Waals surface area contributed by atoms with Crippen LogP contribution in [0.4, 0.5) is 4.39 Å². The first kappa shape index (κ1) is 12.8. The normalized spacial score (nSPS) is 19.2. The second-order valence-corrected chi connectivity index (χ2v) is 5.69. The van der Waals surface area contributed by atoms with E-state index in [9.17, 15) is 4.39 Å². The number of halogens is 2. The van der Waals surface area contributed by atoms with E-state index in [0.29, 0.717) is 11.6 Å². The summed E-state index contributed by atoms with van der Waals surface area (Å²) in [6.07, 6.45) is 6.32. The molecule has 1 aromatic carbocycles. The molecule has 0 spiro atoms. The van der Waals surface area contributed by atoms with E-state index in [2.05, 4.69) is 12.2 Å². The molecule has 1 N–H and O–H groups in total. The maximum Gasteiger partial charge on any atom is 0.125 e. The third kappa shape index (κ3) is 3.68. The molecule has 0 heterocycles. The van der Waals surface area contributed by atoms with Crippen LogP contribution < -0.4 is 5.32 Å². The topological polar surface area (TPSA) is 12.0 Å². The molecule has 3 heteroatoms. The molecule has 1 aliphatic rings. The molecule has 94 valence electrons. The number of hydrogen-bond acceptors (Lipinski definition) is 1. The highest BCUT2D eigenvalue weighted by atomic mass is 35.5. The van der Waals surface area contributed by atoms with Crippen LogP contribution in [-0.4, -0.2) is 5.54 Å². The Morgan fingerprint density at radius 1 is 1.24 bits per heavy atom. The van der Waals surface area contributed by atoms with Gasteiger partial charge >= 0.3 is 0 Å². The van der Waals surface area contributed by atoms with E-state index in [0.717, 1.165) is 5.56 Å². The van der Waals surface area contributed by atoms with Gasteiger partial charge in [-0.2, -0.15) is 0 Å². The predicted octanol–water partition coefficient (Wildman–Crippen LogP) is 4.29. The Bertz CT molecular complexity index is 366. The van der Waals surface area contributed by atoms with E-state index in [1.54, 1.807) is 6.07 Å². The summed E-state index contributed by atoms with van der Waals surface area (Å²) < 4.78 is 13.2. The second kappa shape index (κ2) is 5.36. The third-order valence-corrected chi connectivity index (χ3v) is 3.82. The van der Waals surface area contributed by atoms with E-state index in [1.165, 1.54) is 38.2 Å². The molecule has 0 atom stereocenters. The molecule has 0 unspecified atom stereocenters. The first-order valence-electron chi connectivity index (χ1n) is 6.27. The highest BCUT2D eigenvalue weighted by molar-refractivity contribution is 6.30. The van der Waals surface area contributed by atoms with Gasteiger partial charge in [-0.3, -0.25) is 0 Å². The molecule has 1 fully saturated rings. The van der Waals surface area contributed by atoms with Gasteiger partial charge in [0.2, 0.25) is 0 Å². The summed E-state index contributed by atoms with van der Waals surface area (Å²) in [6.45, 7) is 2.95. The average molecular weight is 256 g/mol. The second-order valence-electron chi connectivity index (χ2n) is 5.25. The fourth-order valence-electron chi connectivity index (χ4n) is 2.54. The van der Waals surface area contributed by atoms with Crippen LogP contribution in [0.1, 0.15) is 44.6 Å². The summed E-state index contributed by atoms with van der Waals surface area (Å²) in [5.41, 5.74) is 1.12. The Morgan fingerprint density at radius 3 is 2.59 bits per heavy atom. The summed E-state index contributed by atoms with van der Waals surface area (Å²) in [6, 6.07) is 4.71. The van der Waals surface area contributed by atoms with Gasteiger partial charge in [0.05, 0.1) is 0 Å². The maximum absolute atomic E-state index is 13.2. The van der Waals surface area contributed by atoms with E-state index < -0.39 is 0 Å². The monoisotopic (exact) mass is 255 g/mol. The van der Waals surface area contributed by atoms with Crippen molar-refractivity contribution in [2.45, 2.75) is 51.1 Å². The molecule has 1 saturated carbocycles. The van der Waals surface area contributed by atoms with Crippen LogP contribution in [0.5, 0.6) is 0 Å². The van der Waals surface area contributed by atoms with Gasteiger partial charge in [0, 0.05) is 17.1 Å². The first-order chi connectivity index (χ1) is 8.07. The van der Waals surface area contributed by atoms with Crippen LogP contribution in [0, 0.1) is 5.82 Å². The summed E-state index contributed by atoms with van der Waals surface area (Å²) in [4.78, 5) is 0. The van der Waals surface area contributed by atoms with Crippen molar-refractivity contribution in [3.63, 3.8) is 0 Å². The molecule has 2 rings (SSSR count). The zero-order valence-corrected chi connectivity index (χ0v) is 11.0. The van der Waals surface area contributed by atoms with Gasteiger partial charge in [-0.1, -0.05) is 30.9 Å². The number of benzene rings is 1. The molecule has 1 nitrogen and oxygen atoms in total. The zero-order valence-electron chi connectivity index (χ0n) is 10.2. The number of rotatable bonds is 3. The highest BCUT2D eigenvalue weighted by Gasteiger charge is 2.25. The molecule has 1 aromatic rings. The molecule has 0 amide bonds. The van der Waals surface area contributed by atoms with Crippen LogP contribution >= 0.6 is 11.6 Å². The SMILES string of the molecule is CC1(NCc2cc(F)cc(Cl)c2)CCCCC1. The van der Waals surface area contributed by atoms with Crippen molar-refractivity contribution in [2.24, 2.45) is 0 Å². The van der Waals surface area contributed by atoms with Gasteiger partial charge in [-0.15, -0.1) is 0 Å². The Kier molecular flexibility index (Phi) is 4.05. The van der Waals surface area contributed by atoms with Gasteiger partial charge < -0.3 is 5.32 Å². The Hall–Kier alpha value is -0.600. The van der Waals surface area contributed by atoms with Gasteiger partial charge in [0.15, 0.2) is 0 Å². The minimum Gasteiger partial charge on any atom is -0.307 e. The van der Waals surface area contributed by atoms with E-state index >= 15 is 0 Å². The smallest absolute Gasteiger partial charge is 0.125 e. The van der Waals surface area contributed by atoms with E-state index in [-0.39, 0.29) is 11.4 Å². The lowest BCUT2D eigenvalue weighted by Crippen LogP contribution is -2.43. The lowest BCUT2D eigenvalue weighted by Gasteiger charge is -2.34. The van der Waals surface area contributed by atoms with Crippen molar-refractivity contribution in [3.8, 4) is 0 Å². The van der Waals surface area contributed by atoms with Crippen molar-refractivity contribution in [1.29, 1.82) is 0 Å². The van der Waals surface area contributed by atoms with Gasteiger partial charge in [0.1, 0.15) is 5.82 Å². The van der Waals surface area contributed by atoms with Crippen LogP contribution in [0.25, 0.3) is 0 Å². The maximum atomic E-state index is 13.2. The van der Waals surface area contributed by atoms with E-state index in [1.807, 2.05) is 6.07 Å². The van der Waals surface area contributed by atoms with Crippen molar-refractivity contribution < 1.29 is 4.39 Å². The zero-order chi connectivity index (χ0) is 12.3. The summed E-state index contributed by atoms with van der Waals surface area (Å²) >= 11 is 5.84. The Labute approximate surface area is 107 Å². The summed E-state index contributed by atoms with van der Waals surface area (Å²) in [5, 5.41) is 4.01. The van der Waals surface area contributed by atoms with Crippen LogP contribution in [0.3, 0.4) is 0 Å². The molecule has 0 bridgehead atoms. The van der Waals surface area contributed by atoms with Crippen molar-refractivity contribution in [1.82, 2.24) is 5.32 Å². The quantitative estimate of drug-likeness (QED) is 0.850.